The summed E-state index contributed by atoms with van der Waals surface area (Å²) in [6, 6.07) is 7.54. The zero-order valence-electron chi connectivity index (χ0n) is 12.6. The molecule has 1 heterocycles. The summed E-state index contributed by atoms with van der Waals surface area (Å²) >= 11 is 0. The number of hydrogen-bond donors (Lipinski definition) is 1. The summed E-state index contributed by atoms with van der Waals surface area (Å²) in [6.45, 7) is 6.54. The molecule has 2 rings (SSSR count). The van der Waals surface area contributed by atoms with E-state index in [1.54, 1.807) is 7.11 Å². The van der Waals surface area contributed by atoms with Crippen LogP contribution < -0.4 is 10.1 Å². The minimum atomic E-state index is 0.621. The van der Waals surface area contributed by atoms with Crippen LogP contribution in [0.15, 0.2) is 18.2 Å². The molecule has 0 amide bonds. The molecule has 0 unspecified atom stereocenters. The lowest BCUT2D eigenvalue weighted by molar-refractivity contribution is 0.168. The van der Waals surface area contributed by atoms with Gasteiger partial charge in [-0.05, 0) is 51.9 Å². The van der Waals surface area contributed by atoms with Gasteiger partial charge in [-0.3, -0.25) is 0 Å². The van der Waals surface area contributed by atoms with Crippen molar-refractivity contribution in [3.8, 4) is 5.75 Å². The van der Waals surface area contributed by atoms with E-state index < -0.39 is 0 Å². The SMILES string of the molecule is COc1cccc(C)c1CN[C@@H]1CCN(C)[C@H](C)C1. The molecule has 1 aromatic carbocycles. The van der Waals surface area contributed by atoms with Crippen LogP contribution in [0.2, 0.25) is 0 Å². The average molecular weight is 262 g/mol. The number of ether oxygens (including phenoxy) is 1. The van der Waals surface area contributed by atoms with Gasteiger partial charge in [0.1, 0.15) is 5.75 Å². The monoisotopic (exact) mass is 262 g/mol. The Kier molecular flexibility index (Phi) is 4.83. The maximum atomic E-state index is 5.46. The zero-order chi connectivity index (χ0) is 13.8. The van der Waals surface area contributed by atoms with Gasteiger partial charge in [0.15, 0.2) is 0 Å². The molecule has 0 saturated carbocycles. The van der Waals surface area contributed by atoms with Crippen molar-refractivity contribution in [3.05, 3.63) is 29.3 Å². The van der Waals surface area contributed by atoms with Crippen LogP contribution in [0.5, 0.6) is 5.75 Å². The highest BCUT2D eigenvalue weighted by atomic mass is 16.5. The molecule has 106 valence electrons. The maximum Gasteiger partial charge on any atom is 0.123 e. The minimum absolute atomic E-state index is 0.621. The normalized spacial score (nSPS) is 24.4. The Labute approximate surface area is 116 Å². The Bertz CT molecular complexity index is 419. The summed E-state index contributed by atoms with van der Waals surface area (Å²) in [5.74, 6) is 0.994. The number of likely N-dealkylation sites (tertiary alicyclic amines) is 1. The van der Waals surface area contributed by atoms with Gasteiger partial charge in [-0.1, -0.05) is 12.1 Å². The van der Waals surface area contributed by atoms with Gasteiger partial charge in [-0.2, -0.15) is 0 Å². The third-order valence-corrected chi connectivity index (χ3v) is 4.36. The Morgan fingerprint density at radius 2 is 2.21 bits per heavy atom. The van der Waals surface area contributed by atoms with E-state index in [4.69, 9.17) is 4.74 Å². The van der Waals surface area contributed by atoms with E-state index in [1.165, 1.54) is 30.5 Å². The number of rotatable bonds is 4. The lowest BCUT2D eigenvalue weighted by atomic mass is 9.98. The van der Waals surface area contributed by atoms with Crippen molar-refractivity contribution in [1.29, 1.82) is 0 Å². The Hall–Kier alpha value is -1.06. The number of methoxy groups -OCH3 is 1. The molecule has 0 spiro atoms. The summed E-state index contributed by atoms with van der Waals surface area (Å²) in [5, 5.41) is 3.70. The first-order valence-corrected chi connectivity index (χ1v) is 7.18. The van der Waals surface area contributed by atoms with Crippen LogP contribution in [0.3, 0.4) is 0 Å². The lowest BCUT2D eigenvalue weighted by Gasteiger charge is -2.35. The first-order chi connectivity index (χ1) is 9.11. The molecule has 1 N–H and O–H groups in total. The summed E-state index contributed by atoms with van der Waals surface area (Å²) in [6.07, 6.45) is 2.46. The van der Waals surface area contributed by atoms with Crippen molar-refractivity contribution in [1.82, 2.24) is 10.2 Å². The van der Waals surface area contributed by atoms with Gasteiger partial charge in [-0.25, -0.2) is 0 Å². The average Bonchev–Trinajstić information content (AvgIpc) is 2.41. The first kappa shape index (κ1) is 14.4. The van der Waals surface area contributed by atoms with E-state index in [2.05, 4.69) is 43.2 Å². The predicted molar refractivity (Wildman–Crippen MR) is 79.7 cm³/mol. The second-order valence-electron chi connectivity index (χ2n) is 5.69. The number of benzene rings is 1. The number of hydrogen-bond acceptors (Lipinski definition) is 3. The van der Waals surface area contributed by atoms with E-state index in [9.17, 15) is 0 Å². The van der Waals surface area contributed by atoms with Gasteiger partial charge < -0.3 is 15.0 Å². The molecule has 1 aliphatic rings. The molecule has 0 aromatic heterocycles. The van der Waals surface area contributed by atoms with E-state index in [1.807, 2.05) is 6.07 Å². The quantitative estimate of drug-likeness (QED) is 0.902. The van der Waals surface area contributed by atoms with Crippen molar-refractivity contribution in [3.63, 3.8) is 0 Å². The van der Waals surface area contributed by atoms with Crippen molar-refractivity contribution in [2.45, 2.75) is 45.3 Å². The second-order valence-corrected chi connectivity index (χ2v) is 5.69. The molecule has 0 aliphatic carbocycles. The Morgan fingerprint density at radius 1 is 1.42 bits per heavy atom. The number of aryl methyl sites for hydroxylation is 1. The second kappa shape index (κ2) is 6.40. The number of nitrogens with one attached hydrogen (secondary N) is 1. The topological polar surface area (TPSA) is 24.5 Å². The highest BCUT2D eigenvalue weighted by Gasteiger charge is 2.22. The van der Waals surface area contributed by atoms with Crippen LogP contribution in [-0.2, 0) is 6.54 Å². The third kappa shape index (κ3) is 3.48. The molecule has 1 fully saturated rings. The Morgan fingerprint density at radius 3 is 2.89 bits per heavy atom. The fourth-order valence-corrected chi connectivity index (χ4v) is 2.81. The predicted octanol–water partition coefficient (Wildman–Crippen LogP) is 2.58. The summed E-state index contributed by atoms with van der Waals surface area (Å²) < 4.78 is 5.46. The number of piperidine rings is 1. The van der Waals surface area contributed by atoms with Crippen molar-refractivity contribution in [2.75, 3.05) is 20.7 Å². The zero-order valence-corrected chi connectivity index (χ0v) is 12.6. The van der Waals surface area contributed by atoms with Crippen LogP contribution >= 0.6 is 0 Å². The van der Waals surface area contributed by atoms with E-state index >= 15 is 0 Å². The van der Waals surface area contributed by atoms with Crippen LogP contribution in [0.1, 0.15) is 30.9 Å². The summed E-state index contributed by atoms with van der Waals surface area (Å²) in [7, 11) is 3.96. The third-order valence-electron chi connectivity index (χ3n) is 4.36. The van der Waals surface area contributed by atoms with Crippen molar-refractivity contribution < 1.29 is 4.74 Å². The molecule has 0 radical (unpaired) electrons. The van der Waals surface area contributed by atoms with Gasteiger partial charge in [0.25, 0.3) is 0 Å². The molecule has 0 bridgehead atoms. The lowest BCUT2D eigenvalue weighted by Crippen LogP contribution is -2.45. The largest absolute Gasteiger partial charge is 0.496 e. The van der Waals surface area contributed by atoms with Gasteiger partial charge in [0, 0.05) is 24.2 Å². The van der Waals surface area contributed by atoms with Crippen molar-refractivity contribution >= 4 is 0 Å². The fourth-order valence-electron chi connectivity index (χ4n) is 2.81. The molecule has 1 aliphatic heterocycles. The van der Waals surface area contributed by atoms with E-state index in [0.29, 0.717) is 12.1 Å². The van der Waals surface area contributed by atoms with Gasteiger partial charge in [0.2, 0.25) is 0 Å². The van der Waals surface area contributed by atoms with Crippen LogP contribution in [0, 0.1) is 6.92 Å². The van der Waals surface area contributed by atoms with Crippen LogP contribution in [0.25, 0.3) is 0 Å². The summed E-state index contributed by atoms with van der Waals surface area (Å²) in [4.78, 5) is 2.44. The van der Waals surface area contributed by atoms with Gasteiger partial charge in [0.05, 0.1) is 7.11 Å². The molecule has 3 nitrogen and oxygen atoms in total. The maximum absolute atomic E-state index is 5.46. The van der Waals surface area contributed by atoms with Crippen molar-refractivity contribution in [2.24, 2.45) is 0 Å². The highest BCUT2D eigenvalue weighted by Crippen LogP contribution is 2.22. The molecular formula is C16H26N2O. The minimum Gasteiger partial charge on any atom is -0.496 e. The van der Waals surface area contributed by atoms with E-state index in [0.717, 1.165) is 12.3 Å². The van der Waals surface area contributed by atoms with Crippen LogP contribution in [0.4, 0.5) is 0 Å². The summed E-state index contributed by atoms with van der Waals surface area (Å²) in [5.41, 5.74) is 2.59. The Balaban J connectivity index is 1.96. The van der Waals surface area contributed by atoms with E-state index in [-0.39, 0.29) is 0 Å². The van der Waals surface area contributed by atoms with Gasteiger partial charge in [-0.15, -0.1) is 0 Å². The molecule has 1 aromatic rings. The molecule has 19 heavy (non-hydrogen) atoms. The molecule has 2 atom stereocenters. The first-order valence-electron chi connectivity index (χ1n) is 7.18. The fraction of sp³-hybridized carbons (Fsp3) is 0.625. The van der Waals surface area contributed by atoms with Crippen LogP contribution in [-0.4, -0.2) is 37.7 Å². The molecule has 3 heteroatoms. The standard InChI is InChI=1S/C16H26N2O/c1-12-6-5-7-16(19-4)15(12)11-17-14-8-9-18(3)13(2)10-14/h5-7,13-14,17H,8-11H2,1-4H3/t13-,14-/m1/s1. The molecular weight excluding hydrogens is 236 g/mol. The smallest absolute Gasteiger partial charge is 0.123 e. The highest BCUT2D eigenvalue weighted by molar-refractivity contribution is 5.39. The molecule has 1 saturated heterocycles. The van der Waals surface area contributed by atoms with Gasteiger partial charge >= 0.3 is 0 Å². The number of nitrogens with zero attached hydrogens (tertiary/aromatic N) is 1.